The summed E-state index contributed by atoms with van der Waals surface area (Å²) in [7, 11) is 0. The first-order valence-corrected chi connectivity index (χ1v) is 6.68. The zero-order chi connectivity index (χ0) is 11.9. The van der Waals surface area contributed by atoms with Gasteiger partial charge in [0.25, 0.3) is 0 Å². The number of hydrogen-bond donors (Lipinski definition) is 1. The Morgan fingerprint density at radius 1 is 1.29 bits per heavy atom. The molecule has 0 saturated carbocycles. The molecule has 7 nitrogen and oxygen atoms in total. The fourth-order valence-corrected chi connectivity index (χ4v) is 2.53. The van der Waals surface area contributed by atoms with Crippen molar-refractivity contribution in [2.45, 2.75) is 11.7 Å². The summed E-state index contributed by atoms with van der Waals surface area (Å²) < 4.78 is 6.92. The van der Waals surface area contributed by atoms with Gasteiger partial charge >= 0.3 is 0 Å². The summed E-state index contributed by atoms with van der Waals surface area (Å²) in [5.74, 6) is 0.950. The molecule has 2 heterocycles. The fraction of sp³-hybridized carbons (Fsp3) is 0.889. The third-order valence-electron chi connectivity index (χ3n) is 2.55. The Morgan fingerprint density at radius 3 is 2.88 bits per heavy atom. The Bertz CT molecular complexity index is 329. The van der Waals surface area contributed by atoms with Gasteiger partial charge in [0, 0.05) is 25.4 Å². The van der Waals surface area contributed by atoms with E-state index < -0.39 is 0 Å². The van der Waals surface area contributed by atoms with E-state index in [-0.39, 0.29) is 6.61 Å². The van der Waals surface area contributed by atoms with Crippen LogP contribution in [-0.4, -0.2) is 75.4 Å². The molecule has 0 amide bonds. The van der Waals surface area contributed by atoms with E-state index in [0.717, 1.165) is 43.8 Å². The lowest BCUT2D eigenvalue weighted by molar-refractivity contribution is 0.0410. The van der Waals surface area contributed by atoms with Crippen LogP contribution in [0, 0.1) is 0 Å². The summed E-state index contributed by atoms with van der Waals surface area (Å²) in [5, 5.41) is 21.0. The Morgan fingerprint density at radius 2 is 2.12 bits per heavy atom. The number of hydrogen-bond acceptors (Lipinski definition) is 7. The predicted octanol–water partition coefficient (Wildman–Crippen LogP) is -0.910. The number of aliphatic hydroxyl groups is 1. The van der Waals surface area contributed by atoms with E-state index in [0.29, 0.717) is 6.54 Å². The van der Waals surface area contributed by atoms with E-state index in [2.05, 4.69) is 20.4 Å². The molecule has 0 bridgehead atoms. The summed E-state index contributed by atoms with van der Waals surface area (Å²) >= 11 is 1.62. The third kappa shape index (κ3) is 3.91. The minimum absolute atomic E-state index is 0.0576. The number of rotatable bonds is 6. The van der Waals surface area contributed by atoms with Gasteiger partial charge in [-0.2, -0.15) is 0 Å². The van der Waals surface area contributed by atoms with Gasteiger partial charge in [0.2, 0.25) is 5.16 Å². The minimum atomic E-state index is 0.0576. The normalized spacial score (nSPS) is 17.5. The maximum absolute atomic E-state index is 8.84. The summed E-state index contributed by atoms with van der Waals surface area (Å²) in [4.78, 5) is 2.37. The van der Waals surface area contributed by atoms with Crippen molar-refractivity contribution in [3.8, 4) is 0 Å². The fourth-order valence-electron chi connectivity index (χ4n) is 1.63. The smallest absolute Gasteiger partial charge is 0.209 e. The van der Waals surface area contributed by atoms with Crippen LogP contribution in [-0.2, 0) is 11.3 Å². The lowest BCUT2D eigenvalue weighted by atomic mass is 10.4. The first-order chi connectivity index (χ1) is 8.40. The predicted molar refractivity (Wildman–Crippen MR) is 62.9 cm³/mol. The Hall–Kier alpha value is -0.700. The van der Waals surface area contributed by atoms with Crippen molar-refractivity contribution in [2.24, 2.45) is 0 Å². The van der Waals surface area contributed by atoms with Crippen molar-refractivity contribution in [3.63, 3.8) is 0 Å². The maximum atomic E-state index is 8.84. The lowest BCUT2D eigenvalue weighted by Gasteiger charge is -2.26. The lowest BCUT2D eigenvalue weighted by Crippen LogP contribution is -2.37. The van der Waals surface area contributed by atoms with E-state index in [1.54, 1.807) is 16.4 Å². The summed E-state index contributed by atoms with van der Waals surface area (Å²) in [6, 6.07) is 0. The van der Waals surface area contributed by atoms with Crippen LogP contribution in [0.1, 0.15) is 0 Å². The molecular formula is C9H17N5O2S. The summed E-state index contributed by atoms with van der Waals surface area (Å²) in [6.45, 7) is 5.18. The van der Waals surface area contributed by atoms with E-state index in [1.807, 2.05) is 0 Å². The Labute approximate surface area is 104 Å². The average Bonchev–Trinajstić information content (AvgIpc) is 2.79. The largest absolute Gasteiger partial charge is 0.394 e. The molecule has 0 spiro atoms. The molecule has 1 aromatic heterocycles. The molecule has 96 valence electrons. The topological polar surface area (TPSA) is 76.3 Å². The highest BCUT2D eigenvalue weighted by atomic mass is 32.2. The highest BCUT2D eigenvalue weighted by Gasteiger charge is 2.11. The molecule has 8 heteroatoms. The van der Waals surface area contributed by atoms with Crippen molar-refractivity contribution in [1.82, 2.24) is 25.1 Å². The van der Waals surface area contributed by atoms with Gasteiger partial charge in [-0.25, -0.2) is 4.68 Å². The maximum Gasteiger partial charge on any atom is 0.209 e. The minimum Gasteiger partial charge on any atom is -0.394 e. The van der Waals surface area contributed by atoms with Gasteiger partial charge in [-0.3, -0.25) is 4.90 Å². The van der Waals surface area contributed by atoms with E-state index in [9.17, 15) is 0 Å². The molecule has 1 aliphatic heterocycles. The van der Waals surface area contributed by atoms with Gasteiger partial charge in [0.15, 0.2) is 0 Å². The third-order valence-corrected chi connectivity index (χ3v) is 3.49. The van der Waals surface area contributed by atoms with Gasteiger partial charge in [-0.05, 0) is 10.4 Å². The van der Waals surface area contributed by atoms with E-state index >= 15 is 0 Å². The van der Waals surface area contributed by atoms with Crippen molar-refractivity contribution in [3.05, 3.63) is 0 Å². The molecule has 0 unspecified atom stereocenters. The number of aromatic nitrogens is 4. The van der Waals surface area contributed by atoms with Crippen LogP contribution in [0.4, 0.5) is 0 Å². The molecule has 1 saturated heterocycles. The van der Waals surface area contributed by atoms with E-state index in [4.69, 9.17) is 9.84 Å². The van der Waals surface area contributed by atoms with Crippen molar-refractivity contribution in [2.75, 3.05) is 45.2 Å². The van der Waals surface area contributed by atoms with Crippen LogP contribution in [0.3, 0.4) is 0 Å². The number of tetrazole rings is 1. The first-order valence-electron chi connectivity index (χ1n) is 5.70. The number of ether oxygens (including phenoxy) is 1. The van der Waals surface area contributed by atoms with Crippen LogP contribution in [0.25, 0.3) is 0 Å². The van der Waals surface area contributed by atoms with Crippen molar-refractivity contribution in [1.29, 1.82) is 0 Å². The molecule has 17 heavy (non-hydrogen) atoms. The molecule has 0 radical (unpaired) electrons. The van der Waals surface area contributed by atoms with Crippen LogP contribution in [0.2, 0.25) is 0 Å². The first kappa shape index (κ1) is 12.7. The van der Waals surface area contributed by atoms with Gasteiger partial charge in [-0.15, -0.1) is 5.10 Å². The average molecular weight is 259 g/mol. The number of aliphatic hydroxyl groups excluding tert-OH is 1. The van der Waals surface area contributed by atoms with Gasteiger partial charge in [0.05, 0.1) is 26.4 Å². The second kappa shape index (κ2) is 6.90. The molecule has 2 rings (SSSR count). The van der Waals surface area contributed by atoms with Crippen LogP contribution in [0.15, 0.2) is 5.16 Å². The van der Waals surface area contributed by atoms with Gasteiger partial charge in [-0.1, -0.05) is 11.8 Å². The van der Waals surface area contributed by atoms with Crippen LogP contribution >= 0.6 is 11.8 Å². The molecule has 0 aromatic carbocycles. The molecule has 0 aliphatic carbocycles. The molecule has 0 atom stereocenters. The Balaban J connectivity index is 1.71. The molecule has 1 fully saturated rings. The summed E-state index contributed by atoms with van der Waals surface area (Å²) in [5.41, 5.74) is 0. The molecular weight excluding hydrogens is 242 g/mol. The number of morpholine rings is 1. The summed E-state index contributed by atoms with van der Waals surface area (Å²) in [6.07, 6.45) is 0. The SMILES string of the molecule is OCCn1nnnc1SCCN1CCOCC1. The quantitative estimate of drug-likeness (QED) is 0.663. The van der Waals surface area contributed by atoms with Gasteiger partial charge < -0.3 is 9.84 Å². The number of nitrogens with zero attached hydrogens (tertiary/aromatic N) is 5. The molecule has 1 aromatic rings. The monoisotopic (exact) mass is 259 g/mol. The highest BCUT2D eigenvalue weighted by Crippen LogP contribution is 2.13. The highest BCUT2D eigenvalue weighted by molar-refractivity contribution is 7.99. The zero-order valence-electron chi connectivity index (χ0n) is 9.66. The van der Waals surface area contributed by atoms with Crippen molar-refractivity contribution >= 4 is 11.8 Å². The van der Waals surface area contributed by atoms with Crippen LogP contribution in [0.5, 0.6) is 0 Å². The zero-order valence-corrected chi connectivity index (χ0v) is 10.5. The molecule has 1 N–H and O–H groups in total. The van der Waals surface area contributed by atoms with E-state index in [1.165, 1.54) is 0 Å². The van der Waals surface area contributed by atoms with Crippen LogP contribution < -0.4 is 0 Å². The van der Waals surface area contributed by atoms with Crippen molar-refractivity contribution < 1.29 is 9.84 Å². The number of thioether (sulfide) groups is 1. The second-order valence-corrected chi connectivity index (χ2v) is 4.77. The van der Waals surface area contributed by atoms with Gasteiger partial charge in [0.1, 0.15) is 0 Å². The standard InChI is InChI=1S/C9H17N5O2S/c15-5-1-14-9(10-11-12-14)17-8-4-13-2-6-16-7-3-13/h15H,1-8H2. The Kier molecular flexibility index (Phi) is 5.17. The molecule has 1 aliphatic rings. The second-order valence-electron chi connectivity index (χ2n) is 3.71.